The summed E-state index contributed by atoms with van der Waals surface area (Å²) in [6.07, 6.45) is 6.08. The summed E-state index contributed by atoms with van der Waals surface area (Å²) in [4.78, 5) is 13.3. The van der Waals surface area contributed by atoms with Crippen LogP contribution in [0.15, 0.2) is 60.7 Å². The molecule has 0 bridgehead atoms. The normalized spacial score (nSPS) is 31.0. The molecular weight excluding hydrogens is 428 g/mol. The molecule has 1 fully saturated rings. The second-order valence-electron chi connectivity index (χ2n) is 9.75. The van der Waals surface area contributed by atoms with Gasteiger partial charge in [-0.3, -0.25) is 0 Å². The number of aryl methyl sites for hydroxylation is 1. The van der Waals surface area contributed by atoms with E-state index in [-0.39, 0.29) is 24.1 Å². The third-order valence-electron chi connectivity index (χ3n) is 6.55. The number of fused-ring (bicyclic) bond motifs is 2. The van der Waals surface area contributed by atoms with E-state index in [1.807, 2.05) is 83.2 Å². The number of esters is 1. The molecule has 1 saturated heterocycles. The van der Waals surface area contributed by atoms with Crippen molar-refractivity contribution in [3.8, 4) is 11.1 Å². The van der Waals surface area contributed by atoms with Gasteiger partial charge in [0.25, 0.3) is 0 Å². The first-order valence-corrected chi connectivity index (χ1v) is 11.9. The van der Waals surface area contributed by atoms with Crippen LogP contribution in [-0.4, -0.2) is 41.3 Å². The maximum absolute atomic E-state index is 13.3. The Morgan fingerprint density at radius 3 is 2.47 bits per heavy atom. The first-order valence-electron chi connectivity index (χ1n) is 11.9. The summed E-state index contributed by atoms with van der Waals surface area (Å²) in [6.45, 7) is 9.50. The molecule has 0 aliphatic carbocycles. The van der Waals surface area contributed by atoms with Crippen LogP contribution in [0, 0.1) is 12.8 Å². The number of hydrogen-bond acceptors (Lipinski definition) is 5. The lowest BCUT2D eigenvalue weighted by molar-refractivity contribution is -0.152. The van der Waals surface area contributed by atoms with Crippen LogP contribution in [0.3, 0.4) is 0 Å². The summed E-state index contributed by atoms with van der Waals surface area (Å²) in [5.74, 6) is -1.21. The van der Waals surface area contributed by atoms with Crippen LogP contribution >= 0.6 is 0 Å². The van der Waals surface area contributed by atoms with Gasteiger partial charge in [0, 0.05) is 5.92 Å². The summed E-state index contributed by atoms with van der Waals surface area (Å²) in [5, 5.41) is 10.8. The molecule has 0 saturated carbocycles. The predicted molar refractivity (Wildman–Crippen MR) is 133 cm³/mol. The molecule has 2 aromatic rings. The fourth-order valence-electron chi connectivity index (χ4n) is 4.58. The molecule has 4 rings (SSSR count). The molecule has 0 spiro atoms. The highest BCUT2D eigenvalue weighted by atomic mass is 16.8. The smallest absolute Gasteiger partial charge is 0.339 e. The summed E-state index contributed by atoms with van der Waals surface area (Å²) < 4.78 is 18.0. The summed E-state index contributed by atoms with van der Waals surface area (Å²) in [6, 6.07) is 14.2. The molecule has 2 aromatic carbocycles. The highest BCUT2D eigenvalue weighted by Gasteiger charge is 2.43. The van der Waals surface area contributed by atoms with Gasteiger partial charge in [-0.15, -0.1) is 0 Å². The zero-order valence-corrected chi connectivity index (χ0v) is 20.5. The molecule has 0 aromatic heterocycles. The van der Waals surface area contributed by atoms with Crippen molar-refractivity contribution in [3.63, 3.8) is 0 Å². The van der Waals surface area contributed by atoms with Crippen molar-refractivity contribution in [2.45, 2.75) is 71.2 Å². The van der Waals surface area contributed by atoms with Gasteiger partial charge in [0.15, 0.2) is 5.79 Å². The van der Waals surface area contributed by atoms with Crippen molar-refractivity contribution in [2.24, 2.45) is 5.92 Å². The molecular formula is C29H34O5. The van der Waals surface area contributed by atoms with Gasteiger partial charge in [-0.1, -0.05) is 67.6 Å². The van der Waals surface area contributed by atoms with Crippen LogP contribution in [0.1, 0.15) is 55.6 Å². The lowest BCUT2D eigenvalue weighted by atomic mass is 9.93. The maximum Gasteiger partial charge on any atom is 0.339 e. The third kappa shape index (κ3) is 5.33. The topological polar surface area (TPSA) is 65.0 Å². The van der Waals surface area contributed by atoms with Gasteiger partial charge in [0.1, 0.15) is 18.3 Å². The molecule has 5 nitrogen and oxygen atoms in total. The van der Waals surface area contributed by atoms with E-state index >= 15 is 0 Å². The minimum absolute atomic E-state index is 0.0850. The van der Waals surface area contributed by atoms with E-state index in [0.29, 0.717) is 12.0 Å². The molecule has 2 aliphatic heterocycles. The van der Waals surface area contributed by atoms with Crippen LogP contribution in [-0.2, 0) is 14.2 Å². The summed E-state index contributed by atoms with van der Waals surface area (Å²) >= 11 is 0. The van der Waals surface area contributed by atoms with E-state index in [9.17, 15) is 9.90 Å². The highest BCUT2D eigenvalue weighted by Crippen LogP contribution is 2.34. The molecule has 1 N–H and O–H groups in total. The maximum atomic E-state index is 13.3. The standard InChI is InChI=1S/C29H34O5/c1-18-14-15-24(30)27-25(33-29(4,5)34-27)13-9-12-22-17-23(21-10-7-6-8-11-21)16-19(2)26(22)28(31)32-20(18)3/h6-12,14-18,20,24-25,27,30H,13H2,1-5H3/b12-9+,15-14-/t18-,20+,24?,25+,27-/m1/s1. The fraction of sp³-hybridized carbons (Fsp3) is 0.414. The van der Waals surface area contributed by atoms with Crippen molar-refractivity contribution in [3.05, 3.63) is 77.4 Å². The second kappa shape index (κ2) is 9.87. The number of cyclic esters (lactones) is 1. The molecule has 0 amide bonds. The first-order chi connectivity index (χ1) is 16.1. The largest absolute Gasteiger partial charge is 0.458 e. The number of aliphatic hydroxyl groups excluding tert-OH is 1. The molecule has 2 heterocycles. The van der Waals surface area contributed by atoms with E-state index < -0.39 is 18.0 Å². The molecule has 5 heteroatoms. The Morgan fingerprint density at radius 2 is 1.74 bits per heavy atom. The molecule has 0 radical (unpaired) electrons. The number of carbonyl (C=O) groups is 1. The molecule has 180 valence electrons. The Bertz CT molecular complexity index is 1090. The minimum Gasteiger partial charge on any atom is -0.458 e. The van der Waals surface area contributed by atoms with Crippen LogP contribution in [0.5, 0.6) is 0 Å². The molecule has 34 heavy (non-hydrogen) atoms. The van der Waals surface area contributed by atoms with Gasteiger partial charge in [-0.2, -0.15) is 0 Å². The number of aliphatic hydroxyl groups is 1. The second-order valence-corrected chi connectivity index (χ2v) is 9.75. The van der Waals surface area contributed by atoms with E-state index in [2.05, 4.69) is 12.1 Å². The van der Waals surface area contributed by atoms with Crippen LogP contribution in [0.4, 0.5) is 0 Å². The van der Waals surface area contributed by atoms with Gasteiger partial charge in [0.05, 0.1) is 11.7 Å². The van der Waals surface area contributed by atoms with Crippen LogP contribution < -0.4 is 0 Å². The van der Waals surface area contributed by atoms with Gasteiger partial charge < -0.3 is 19.3 Å². The average Bonchev–Trinajstić information content (AvgIpc) is 3.11. The van der Waals surface area contributed by atoms with Crippen molar-refractivity contribution in [1.29, 1.82) is 0 Å². The molecule has 2 aliphatic rings. The SMILES string of the molecule is Cc1cc(-c2ccccc2)cc2c1C(=O)O[C@@H](C)[C@H](C)/C=C\C(O)[C@H]1OC(C)(C)O[C@H]1C/C=C/2. The lowest BCUT2D eigenvalue weighted by Crippen LogP contribution is -2.34. The Balaban J connectivity index is 1.77. The zero-order valence-electron chi connectivity index (χ0n) is 20.5. The predicted octanol–water partition coefficient (Wildman–Crippen LogP) is 5.70. The third-order valence-corrected chi connectivity index (χ3v) is 6.55. The zero-order chi connectivity index (χ0) is 24.5. The Labute approximate surface area is 202 Å². The van der Waals surface area contributed by atoms with Gasteiger partial charge >= 0.3 is 5.97 Å². The van der Waals surface area contributed by atoms with E-state index in [4.69, 9.17) is 14.2 Å². The van der Waals surface area contributed by atoms with Crippen molar-refractivity contribution in [2.75, 3.05) is 0 Å². The number of ether oxygens (including phenoxy) is 3. The molecule has 1 unspecified atom stereocenters. The number of benzene rings is 2. The van der Waals surface area contributed by atoms with Gasteiger partial charge in [-0.25, -0.2) is 4.79 Å². The van der Waals surface area contributed by atoms with E-state index in [1.54, 1.807) is 6.08 Å². The minimum atomic E-state index is -0.826. The Hall–Kier alpha value is -2.73. The summed E-state index contributed by atoms with van der Waals surface area (Å²) in [5.41, 5.74) is 4.35. The number of carbonyl (C=O) groups excluding carboxylic acids is 1. The van der Waals surface area contributed by atoms with Crippen molar-refractivity contribution in [1.82, 2.24) is 0 Å². The van der Waals surface area contributed by atoms with Crippen molar-refractivity contribution < 1.29 is 24.1 Å². The Morgan fingerprint density at radius 1 is 1.00 bits per heavy atom. The highest BCUT2D eigenvalue weighted by molar-refractivity contribution is 5.96. The van der Waals surface area contributed by atoms with E-state index in [1.165, 1.54) is 0 Å². The van der Waals surface area contributed by atoms with Crippen LogP contribution in [0.25, 0.3) is 17.2 Å². The lowest BCUT2D eigenvalue weighted by Gasteiger charge is -2.22. The number of rotatable bonds is 1. The van der Waals surface area contributed by atoms with Crippen LogP contribution in [0.2, 0.25) is 0 Å². The monoisotopic (exact) mass is 462 g/mol. The summed E-state index contributed by atoms with van der Waals surface area (Å²) in [7, 11) is 0. The number of hydrogen-bond donors (Lipinski definition) is 1. The van der Waals surface area contributed by atoms with Gasteiger partial charge in [-0.05, 0) is 62.4 Å². The van der Waals surface area contributed by atoms with E-state index in [0.717, 1.165) is 22.3 Å². The average molecular weight is 463 g/mol. The fourth-order valence-corrected chi connectivity index (χ4v) is 4.58. The quantitative estimate of drug-likeness (QED) is 0.435. The molecule has 5 atom stereocenters. The van der Waals surface area contributed by atoms with Crippen molar-refractivity contribution >= 4 is 12.0 Å². The van der Waals surface area contributed by atoms with Gasteiger partial charge in [0.2, 0.25) is 0 Å². The first kappa shape index (κ1) is 24.4. The Kier molecular flexibility index (Phi) is 7.08.